The fourth-order valence-corrected chi connectivity index (χ4v) is 2.70. The van der Waals surface area contributed by atoms with Gasteiger partial charge in [-0.2, -0.15) is 0 Å². The topological polar surface area (TPSA) is 71.6 Å². The fourth-order valence-electron chi connectivity index (χ4n) is 2.64. The lowest BCUT2D eigenvalue weighted by molar-refractivity contribution is 0.0780. The molecular weight excluding hydrogens is 312 g/mol. The molecule has 0 unspecified atom stereocenters. The van der Waals surface area contributed by atoms with E-state index in [1.807, 2.05) is 41.3 Å². The van der Waals surface area contributed by atoms with Crippen molar-refractivity contribution < 1.29 is 4.79 Å². The number of aromatic nitrogens is 1. The molecule has 1 aliphatic rings. The molecule has 0 fully saturated rings. The number of rotatable bonds is 5. The summed E-state index contributed by atoms with van der Waals surface area (Å²) >= 11 is 5.69. The van der Waals surface area contributed by atoms with Crippen molar-refractivity contribution in [2.75, 3.05) is 12.4 Å². The summed E-state index contributed by atoms with van der Waals surface area (Å²) in [5.41, 5.74) is 9.00. The van der Waals surface area contributed by atoms with E-state index in [0.717, 1.165) is 17.7 Å². The van der Waals surface area contributed by atoms with E-state index >= 15 is 0 Å². The van der Waals surface area contributed by atoms with Crippen LogP contribution in [0, 0.1) is 0 Å². The lowest BCUT2D eigenvalue weighted by atomic mass is 10.1. The fraction of sp³-hybridized carbons (Fsp3) is 0.235. The lowest BCUT2D eigenvalue weighted by Gasteiger charge is -2.15. The molecule has 2 N–H and O–H groups in total. The Balaban J connectivity index is 1.77. The van der Waals surface area contributed by atoms with Crippen molar-refractivity contribution in [2.45, 2.75) is 13.0 Å². The van der Waals surface area contributed by atoms with E-state index in [9.17, 15) is 4.79 Å². The molecule has 2 heterocycles. The number of fused-ring (bicyclic) bond motifs is 1. The third kappa shape index (κ3) is 3.35. The van der Waals surface area contributed by atoms with Crippen LogP contribution < -0.4 is 5.73 Å². The SMILES string of the molecule is NC(CCl)=Nc1cccc2c1CN(CCc1ccccn1)C2=O. The highest BCUT2D eigenvalue weighted by molar-refractivity contribution is 6.28. The highest BCUT2D eigenvalue weighted by atomic mass is 35.5. The summed E-state index contributed by atoms with van der Waals surface area (Å²) in [6.45, 7) is 1.16. The van der Waals surface area contributed by atoms with Gasteiger partial charge in [0.15, 0.2) is 0 Å². The second-order valence-corrected chi connectivity index (χ2v) is 5.61. The molecule has 1 aliphatic heterocycles. The molecule has 2 aromatic rings. The molecule has 0 radical (unpaired) electrons. The number of nitrogens with two attached hydrogens (primary N) is 1. The van der Waals surface area contributed by atoms with Gasteiger partial charge in [-0.25, -0.2) is 4.99 Å². The minimum Gasteiger partial charge on any atom is -0.386 e. The summed E-state index contributed by atoms with van der Waals surface area (Å²) in [5.74, 6) is 0.540. The Labute approximate surface area is 139 Å². The number of benzene rings is 1. The summed E-state index contributed by atoms with van der Waals surface area (Å²) in [6.07, 6.45) is 2.49. The number of pyridine rings is 1. The first kappa shape index (κ1) is 15.5. The van der Waals surface area contributed by atoms with Gasteiger partial charge >= 0.3 is 0 Å². The van der Waals surface area contributed by atoms with Crippen molar-refractivity contribution in [3.63, 3.8) is 0 Å². The van der Waals surface area contributed by atoms with E-state index in [1.165, 1.54) is 0 Å². The molecular formula is C17H17ClN4O. The van der Waals surface area contributed by atoms with Gasteiger partial charge in [0.2, 0.25) is 0 Å². The number of hydrogen-bond acceptors (Lipinski definition) is 3. The van der Waals surface area contributed by atoms with Crippen molar-refractivity contribution in [1.82, 2.24) is 9.88 Å². The van der Waals surface area contributed by atoms with Crippen LogP contribution in [-0.2, 0) is 13.0 Å². The molecule has 5 nitrogen and oxygen atoms in total. The van der Waals surface area contributed by atoms with Crippen LogP contribution in [0.25, 0.3) is 0 Å². The first-order valence-electron chi connectivity index (χ1n) is 7.39. The Hall–Kier alpha value is -2.40. The van der Waals surface area contributed by atoms with Crippen LogP contribution in [0.15, 0.2) is 47.6 Å². The van der Waals surface area contributed by atoms with Crippen LogP contribution in [0.4, 0.5) is 5.69 Å². The summed E-state index contributed by atoms with van der Waals surface area (Å²) in [4.78, 5) is 22.9. The zero-order chi connectivity index (χ0) is 16.2. The Bertz CT molecular complexity index is 746. The molecule has 0 saturated heterocycles. The Morgan fingerprint density at radius 1 is 1.30 bits per heavy atom. The van der Waals surface area contributed by atoms with Crippen LogP contribution in [0.2, 0.25) is 0 Å². The molecule has 0 spiro atoms. The number of alkyl halides is 1. The number of aliphatic imine (C=N–C) groups is 1. The van der Waals surface area contributed by atoms with Gasteiger partial charge in [-0.05, 0) is 24.3 Å². The molecule has 0 atom stereocenters. The van der Waals surface area contributed by atoms with Crippen molar-refractivity contribution in [2.24, 2.45) is 10.7 Å². The largest absolute Gasteiger partial charge is 0.386 e. The second kappa shape index (κ2) is 6.79. The number of carbonyl (C=O) groups is 1. The first-order chi connectivity index (χ1) is 11.2. The predicted octanol–water partition coefficient (Wildman–Crippen LogP) is 2.51. The maximum atomic E-state index is 12.5. The van der Waals surface area contributed by atoms with Crippen LogP contribution in [0.1, 0.15) is 21.6 Å². The van der Waals surface area contributed by atoms with Gasteiger partial charge in [0.05, 0.1) is 11.6 Å². The average Bonchev–Trinajstić information content (AvgIpc) is 2.91. The Morgan fingerprint density at radius 2 is 2.17 bits per heavy atom. The maximum absolute atomic E-state index is 12.5. The van der Waals surface area contributed by atoms with Gasteiger partial charge in [0, 0.05) is 42.5 Å². The standard InChI is InChI=1S/C17H17ClN4O/c18-10-16(19)21-15-6-3-5-13-14(15)11-22(17(13)23)9-7-12-4-1-2-8-20-12/h1-6,8H,7,9-11H2,(H2,19,21). The molecule has 23 heavy (non-hydrogen) atoms. The molecule has 3 rings (SSSR count). The van der Waals surface area contributed by atoms with Gasteiger partial charge < -0.3 is 10.6 Å². The summed E-state index contributed by atoms with van der Waals surface area (Å²) in [7, 11) is 0. The van der Waals surface area contributed by atoms with E-state index in [0.29, 0.717) is 30.2 Å². The number of amidine groups is 1. The number of hydrogen-bond donors (Lipinski definition) is 1. The number of carbonyl (C=O) groups excluding carboxylic acids is 1. The van der Waals surface area contributed by atoms with Gasteiger partial charge in [-0.3, -0.25) is 9.78 Å². The smallest absolute Gasteiger partial charge is 0.254 e. The molecule has 1 aromatic heterocycles. The van der Waals surface area contributed by atoms with Crippen molar-refractivity contribution >= 4 is 29.0 Å². The molecule has 0 aliphatic carbocycles. The quantitative estimate of drug-likeness (QED) is 0.521. The number of amides is 1. The first-order valence-corrected chi connectivity index (χ1v) is 7.92. The Morgan fingerprint density at radius 3 is 2.91 bits per heavy atom. The molecule has 1 amide bonds. The number of halogens is 1. The van der Waals surface area contributed by atoms with Crippen LogP contribution in [0.5, 0.6) is 0 Å². The monoisotopic (exact) mass is 328 g/mol. The molecule has 0 bridgehead atoms. The lowest BCUT2D eigenvalue weighted by Crippen LogP contribution is -2.26. The molecule has 1 aromatic carbocycles. The number of nitrogens with zero attached hydrogens (tertiary/aromatic N) is 3. The van der Waals surface area contributed by atoms with Gasteiger partial charge in [0.25, 0.3) is 5.91 Å². The summed E-state index contributed by atoms with van der Waals surface area (Å²) in [6, 6.07) is 11.3. The summed E-state index contributed by atoms with van der Waals surface area (Å²) < 4.78 is 0. The van der Waals surface area contributed by atoms with E-state index in [4.69, 9.17) is 17.3 Å². The maximum Gasteiger partial charge on any atom is 0.254 e. The highest BCUT2D eigenvalue weighted by Gasteiger charge is 2.28. The minimum absolute atomic E-state index is 0.0254. The zero-order valence-electron chi connectivity index (χ0n) is 12.6. The normalized spacial score (nSPS) is 14.2. The van der Waals surface area contributed by atoms with Gasteiger partial charge in [-0.15, -0.1) is 11.6 Å². The minimum atomic E-state index is 0.0254. The third-order valence-corrected chi connectivity index (χ3v) is 4.06. The van der Waals surface area contributed by atoms with E-state index < -0.39 is 0 Å². The second-order valence-electron chi connectivity index (χ2n) is 5.34. The van der Waals surface area contributed by atoms with E-state index in [-0.39, 0.29) is 11.8 Å². The van der Waals surface area contributed by atoms with Gasteiger partial charge in [0.1, 0.15) is 5.84 Å². The summed E-state index contributed by atoms with van der Waals surface area (Å²) in [5, 5.41) is 0. The van der Waals surface area contributed by atoms with Crippen molar-refractivity contribution in [3.8, 4) is 0 Å². The van der Waals surface area contributed by atoms with Crippen molar-refractivity contribution in [1.29, 1.82) is 0 Å². The van der Waals surface area contributed by atoms with E-state index in [1.54, 1.807) is 6.20 Å². The van der Waals surface area contributed by atoms with Crippen LogP contribution in [-0.4, -0.2) is 34.1 Å². The van der Waals surface area contributed by atoms with Gasteiger partial charge in [-0.1, -0.05) is 12.1 Å². The highest BCUT2D eigenvalue weighted by Crippen LogP contribution is 2.31. The third-order valence-electron chi connectivity index (χ3n) is 3.78. The predicted molar refractivity (Wildman–Crippen MR) is 91.1 cm³/mol. The van der Waals surface area contributed by atoms with Crippen LogP contribution >= 0.6 is 11.6 Å². The molecule has 118 valence electrons. The van der Waals surface area contributed by atoms with Crippen molar-refractivity contribution in [3.05, 3.63) is 59.4 Å². The molecule has 6 heteroatoms. The van der Waals surface area contributed by atoms with E-state index in [2.05, 4.69) is 9.98 Å². The van der Waals surface area contributed by atoms with Crippen LogP contribution in [0.3, 0.4) is 0 Å². The molecule has 0 saturated carbocycles. The Kier molecular flexibility index (Phi) is 4.57. The zero-order valence-corrected chi connectivity index (χ0v) is 13.3. The average molecular weight is 329 g/mol.